The summed E-state index contributed by atoms with van der Waals surface area (Å²) in [5.41, 5.74) is -0.486. The minimum atomic E-state index is -0.486. The van der Waals surface area contributed by atoms with Crippen LogP contribution in [0.5, 0.6) is 0 Å². The fourth-order valence-electron chi connectivity index (χ4n) is 3.16. The van der Waals surface area contributed by atoms with E-state index in [4.69, 9.17) is 4.74 Å². The maximum atomic E-state index is 12.4. The highest BCUT2D eigenvalue weighted by Gasteiger charge is 2.32. The van der Waals surface area contributed by atoms with Crippen molar-refractivity contribution in [3.63, 3.8) is 0 Å². The van der Waals surface area contributed by atoms with Gasteiger partial charge in [-0.3, -0.25) is 4.79 Å². The van der Waals surface area contributed by atoms with Crippen molar-refractivity contribution in [3.8, 4) is 0 Å². The molecule has 0 spiro atoms. The van der Waals surface area contributed by atoms with Crippen LogP contribution in [0.2, 0.25) is 0 Å². The third-order valence-corrected chi connectivity index (χ3v) is 4.18. The summed E-state index contributed by atoms with van der Waals surface area (Å²) in [4.78, 5) is 26.1. The minimum Gasteiger partial charge on any atom is -0.444 e. The first-order valence-corrected chi connectivity index (χ1v) is 8.13. The molecular weight excluding hydrogens is 268 g/mol. The Bertz CT molecular complexity index is 383. The molecule has 21 heavy (non-hydrogen) atoms. The van der Waals surface area contributed by atoms with Crippen LogP contribution in [0.25, 0.3) is 0 Å². The van der Waals surface area contributed by atoms with Crippen LogP contribution in [0.3, 0.4) is 0 Å². The molecule has 0 bridgehead atoms. The Balaban J connectivity index is 1.77. The maximum absolute atomic E-state index is 12.4. The molecule has 5 heteroatoms. The summed E-state index contributed by atoms with van der Waals surface area (Å²) in [6.07, 6.45) is 6.08. The van der Waals surface area contributed by atoms with E-state index >= 15 is 0 Å². The topological polar surface area (TPSA) is 58.6 Å². The molecule has 2 amide bonds. The van der Waals surface area contributed by atoms with Gasteiger partial charge < -0.3 is 15.0 Å². The Kier molecular flexibility index (Phi) is 5.12. The highest BCUT2D eigenvalue weighted by molar-refractivity contribution is 5.79. The molecule has 0 radical (unpaired) electrons. The largest absolute Gasteiger partial charge is 0.444 e. The van der Waals surface area contributed by atoms with Gasteiger partial charge in [-0.2, -0.15) is 0 Å². The lowest BCUT2D eigenvalue weighted by molar-refractivity contribution is -0.135. The summed E-state index contributed by atoms with van der Waals surface area (Å²) in [6, 6.07) is 0.0207. The maximum Gasteiger partial charge on any atom is 0.407 e. The highest BCUT2D eigenvalue weighted by Crippen LogP contribution is 2.26. The van der Waals surface area contributed by atoms with Crippen molar-refractivity contribution in [1.82, 2.24) is 10.2 Å². The zero-order valence-electron chi connectivity index (χ0n) is 13.5. The lowest BCUT2D eigenvalue weighted by Gasteiger charge is -2.26. The molecule has 2 rings (SSSR count). The van der Waals surface area contributed by atoms with Gasteiger partial charge in [-0.15, -0.1) is 0 Å². The lowest BCUT2D eigenvalue weighted by atomic mass is 9.88. The van der Waals surface area contributed by atoms with Crippen molar-refractivity contribution in [1.29, 1.82) is 0 Å². The van der Waals surface area contributed by atoms with E-state index in [1.807, 2.05) is 25.7 Å². The Morgan fingerprint density at radius 1 is 1.10 bits per heavy atom. The highest BCUT2D eigenvalue weighted by atomic mass is 16.6. The van der Waals surface area contributed by atoms with Crippen molar-refractivity contribution < 1.29 is 14.3 Å². The van der Waals surface area contributed by atoms with Crippen molar-refractivity contribution >= 4 is 12.0 Å². The number of carbonyl (C=O) groups excluding carboxylic acids is 2. The third-order valence-electron chi connectivity index (χ3n) is 4.18. The Morgan fingerprint density at radius 3 is 2.38 bits per heavy atom. The van der Waals surface area contributed by atoms with E-state index in [2.05, 4.69) is 5.32 Å². The zero-order chi connectivity index (χ0) is 15.5. The molecule has 1 N–H and O–H groups in total. The van der Waals surface area contributed by atoms with Gasteiger partial charge in [-0.1, -0.05) is 19.3 Å². The van der Waals surface area contributed by atoms with Crippen LogP contribution < -0.4 is 5.32 Å². The SMILES string of the molecule is CC(C)(C)OC(=O)N[C@@H]1CCN(C(=O)C2CCCCC2)C1. The molecule has 2 fully saturated rings. The average molecular weight is 296 g/mol. The van der Waals surface area contributed by atoms with Gasteiger partial charge in [0.25, 0.3) is 0 Å². The fraction of sp³-hybridized carbons (Fsp3) is 0.875. The van der Waals surface area contributed by atoms with Crippen LogP contribution in [-0.4, -0.2) is 41.6 Å². The molecule has 1 saturated carbocycles. The quantitative estimate of drug-likeness (QED) is 0.852. The number of hydrogen-bond donors (Lipinski definition) is 1. The van der Waals surface area contributed by atoms with E-state index in [0.717, 1.165) is 25.8 Å². The molecule has 120 valence electrons. The Labute approximate surface area is 127 Å². The molecule has 1 saturated heterocycles. The van der Waals surface area contributed by atoms with Gasteiger partial charge in [-0.05, 0) is 40.0 Å². The van der Waals surface area contributed by atoms with Crippen molar-refractivity contribution in [2.75, 3.05) is 13.1 Å². The first-order valence-electron chi connectivity index (χ1n) is 8.13. The smallest absolute Gasteiger partial charge is 0.407 e. The van der Waals surface area contributed by atoms with E-state index in [1.165, 1.54) is 19.3 Å². The van der Waals surface area contributed by atoms with Crippen molar-refractivity contribution in [2.24, 2.45) is 5.92 Å². The molecule has 1 atom stereocenters. The van der Waals surface area contributed by atoms with Crippen LogP contribution in [-0.2, 0) is 9.53 Å². The van der Waals surface area contributed by atoms with Crippen LogP contribution in [0.1, 0.15) is 59.3 Å². The number of nitrogens with zero attached hydrogens (tertiary/aromatic N) is 1. The van der Waals surface area contributed by atoms with Gasteiger partial charge in [0.1, 0.15) is 5.60 Å². The third kappa shape index (κ3) is 4.90. The number of alkyl carbamates (subject to hydrolysis) is 1. The number of likely N-dealkylation sites (tertiary alicyclic amines) is 1. The monoisotopic (exact) mass is 296 g/mol. The van der Waals surface area contributed by atoms with Gasteiger partial charge in [0.05, 0.1) is 6.04 Å². The van der Waals surface area contributed by atoms with Crippen LogP contribution in [0, 0.1) is 5.92 Å². The van der Waals surface area contributed by atoms with Crippen LogP contribution in [0.15, 0.2) is 0 Å². The number of carbonyl (C=O) groups is 2. The first-order chi connectivity index (χ1) is 9.85. The molecule has 2 aliphatic rings. The summed E-state index contributed by atoms with van der Waals surface area (Å²) in [6.45, 7) is 6.91. The Hall–Kier alpha value is -1.26. The molecule has 1 heterocycles. The number of nitrogens with one attached hydrogen (secondary N) is 1. The summed E-state index contributed by atoms with van der Waals surface area (Å²) in [7, 11) is 0. The molecule has 0 unspecified atom stereocenters. The molecule has 0 aromatic rings. The van der Waals surface area contributed by atoms with E-state index in [-0.39, 0.29) is 24.0 Å². The van der Waals surface area contributed by atoms with E-state index in [9.17, 15) is 9.59 Å². The summed E-state index contributed by atoms with van der Waals surface area (Å²) in [5.74, 6) is 0.488. The Morgan fingerprint density at radius 2 is 1.76 bits per heavy atom. The van der Waals surface area contributed by atoms with Gasteiger partial charge >= 0.3 is 6.09 Å². The van der Waals surface area contributed by atoms with E-state index in [1.54, 1.807) is 0 Å². The summed E-state index contributed by atoms with van der Waals surface area (Å²) in [5, 5.41) is 2.87. The lowest BCUT2D eigenvalue weighted by Crippen LogP contribution is -2.42. The van der Waals surface area contributed by atoms with Gasteiger partial charge in [-0.25, -0.2) is 4.79 Å². The van der Waals surface area contributed by atoms with Crippen LogP contribution >= 0.6 is 0 Å². The summed E-state index contributed by atoms with van der Waals surface area (Å²) >= 11 is 0. The van der Waals surface area contributed by atoms with Gasteiger partial charge in [0.15, 0.2) is 0 Å². The van der Waals surface area contributed by atoms with Crippen molar-refractivity contribution in [3.05, 3.63) is 0 Å². The van der Waals surface area contributed by atoms with Gasteiger partial charge in [0.2, 0.25) is 5.91 Å². The van der Waals surface area contributed by atoms with E-state index in [0.29, 0.717) is 6.54 Å². The second kappa shape index (κ2) is 6.67. The standard InChI is InChI=1S/C16H28N2O3/c1-16(2,3)21-15(20)17-13-9-10-18(11-13)14(19)12-7-5-4-6-8-12/h12-13H,4-11H2,1-3H3,(H,17,20)/t13-/m1/s1. The number of hydrogen-bond acceptors (Lipinski definition) is 3. The average Bonchev–Trinajstić information content (AvgIpc) is 2.85. The van der Waals surface area contributed by atoms with Crippen molar-refractivity contribution in [2.45, 2.75) is 70.9 Å². The molecule has 5 nitrogen and oxygen atoms in total. The molecule has 0 aromatic heterocycles. The van der Waals surface area contributed by atoms with E-state index < -0.39 is 5.60 Å². The van der Waals surface area contributed by atoms with Gasteiger partial charge in [0, 0.05) is 19.0 Å². The molecule has 1 aliphatic heterocycles. The zero-order valence-corrected chi connectivity index (χ0v) is 13.5. The first kappa shape index (κ1) is 16.1. The molecule has 1 aliphatic carbocycles. The second-order valence-corrected chi connectivity index (χ2v) is 7.25. The number of amides is 2. The normalized spacial score (nSPS) is 24.0. The number of rotatable bonds is 2. The number of ether oxygens (including phenoxy) is 1. The minimum absolute atomic E-state index is 0.0207. The predicted octanol–water partition coefficient (Wildman–Crippen LogP) is 2.69. The summed E-state index contributed by atoms with van der Waals surface area (Å²) < 4.78 is 5.26. The second-order valence-electron chi connectivity index (χ2n) is 7.25. The fourth-order valence-corrected chi connectivity index (χ4v) is 3.16. The van der Waals surface area contributed by atoms with Crippen LogP contribution in [0.4, 0.5) is 4.79 Å². The predicted molar refractivity (Wildman–Crippen MR) is 80.9 cm³/mol. The molecule has 0 aromatic carbocycles. The molecular formula is C16H28N2O3.